The molecule has 3 N–H and O–H groups in total. The highest BCUT2D eigenvalue weighted by Crippen LogP contribution is 2.32. The SMILES string of the molecule is Cc1cc(NC(=O)NC(C)C2CC2)cc(C(=O)O)c1C. The fourth-order valence-corrected chi connectivity index (χ4v) is 2.24. The maximum Gasteiger partial charge on any atom is 0.336 e. The average Bonchev–Trinajstić information content (AvgIpc) is 3.16. The van der Waals surface area contributed by atoms with Crippen LogP contribution in [-0.2, 0) is 0 Å². The zero-order valence-corrected chi connectivity index (χ0v) is 12.0. The third kappa shape index (κ3) is 3.29. The molecule has 1 aliphatic rings. The number of anilines is 1. The van der Waals surface area contributed by atoms with Gasteiger partial charge in [-0.1, -0.05) is 0 Å². The number of rotatable bonds is 4. The summed E-state index contributed by atoms with van der Waals surface area (Å²) in [6.45, 7) is 5.58. The summed E-state index contributed by atoms with van der Waals surface area (Å²) in [5, 5.41) is 14.7. The number of amides is 2. The van der Waals surface area contributed by atoms with E-state index < -0.39 is 5.97 Å². The minimum absolute atomic E-state index is 0.153. The first-order valence-electron chi connectivity index (χ1n) is 6.80. The number of hydrogen-bond donors (Lipinski definition) is 3. The molecule has 2 amide bonds. The molecule has 5 heteroatoms. The monoisotopic (exact) mass is 276 g/mol. The molecule has 1 aromatic carbocycles. The summed E-state index contributed by atoms with van der Waals surface area (Å²) in [4.78, 5) is 23.0. The minimum Gasteiger partial charge on any atom is -0.478 e. The van der Waals surface area contributed by atoms with Crippen LogP contribution in [0.1, 0.15) is 41.3 Å². The van der Waals surface area contributed by atoms with Crippen LogP contribution in [0.5, 0.6) is 0 Å². The molecule has 2 rings (SSSR count). The summed E-state index contributed by atoms with van der Waals surface area (Å²) >= 11 is 0. The Morgan fingerprint density at radius 2 is 1.95 bits per heavy atom. The molecule has 0 spiro atoms. The predicted octanol–water partition coefficient (Wildman–Crippen LogP) is 2.92. The number of aryl methyl sites for hydroxylation is 1. The zero-order chi connectivity index (χ0) is 14.9. The van der Waals surface area contributed by atoms with E-state index in [1.54, 1.807) is 13.0 Å². The first-order valence-corrected chi connectivity index (χ1v) is 6.80. The second kappa shape index (κ2) is 5.53. The largest absolute Gasteiger partial charge is 0.478 e. The first kappa shape index (κ1) is 14.4. The van der Waals surface area contributed by atoms with E-state index in [9.17, 15) is 9.59 Å². The third-order valence-corrected chi connectivity index (χ3v) is 3.84. The molecule has 108 valence electrons. The number of carboxylic acids is 1. The van der Waals surface area contributed by atoms with E-state index in [1.165, 1.54) is 6.07 Å². The van der Waals surface area contributed by atoms with Gasteiger partial charge in [-0.3, -0.25) is 0 Å². The molecule has 0 heterocycles. The van der Waals surface area contributed by atoms with Gasteiger partial charge in [0.1, 0.15) is 0 Å². The number of hydrogen-bond acceptors (Lipinski definition) is 2. The number of benzene rings is 1. The summed E-state index contributed by atoms with van der Waals surface area (Å²) in [7, 11) is 0. The number of carbonyl (C=O) groups is 2. The number of aromatic carboxylic acids is 1. The van der Waals surface area contributed by atoms with Gasteiger partial charge < -0.3 is 15.7 Å². The van der Waals surface area contributed by atoms with Crippen molar-refractivity contribution in [3.63, 3.8) is 0 Å². The number of carbonyl (C=O) groups excluding carboxylic acids is 1. The van der Waals surface area contributed by atoms with Gasteiger partial charge >= 0.3 is 12.0 Å². The van der Waals surface area contributed by atoms with Gasteiger partial charge in [-0.2, -0.15) is 0 Å². The Morgan fingerprint density at radius 3 is 2.50 bits per heavy atom. The molecule has 1 saturated carbocycles. The fourth-order valence-electron chi connectivity index (χ4n) is 2.24. The quantitative estimate of drug-likeness (QED) is 0.791. The molecular weight excluding hydrogens is 256 g/mol. The summed E-state index contributed by atoms with van der Waals surface area (Å²) in [6, 6.07) is 3.14. The fraction of sp³-hybridized carbons (Fsp3) is 0.467. The van der Waals surface area contributed by atoms with Crippen LogP contribution in [-0.4, -0.2) is 23.1 Å². The maximum absolute atomic E-state index is 11.9. The molecule has 0 aromatic heterocycles. The van der Waals surface area contributed by atoms with Crippen LogP contribution in [0.2, 0.25) is 0 Å². The lowest BCUT2D eigenvalue weighted by Crippen LogP contribution is -2.37. The van der Waals surface area contributed by atoms with E-state index in [0.29, 0.717) is 11.6 Å². The van der Waals surface area contributed by atoms with E-state index in [4.69, 9.17) is 5.11 Å². The molecule has 1 unspecified atom stereocenters. The van der Waals surface area contributed by atoms with Crippen LogP contribution in [0, 0.1) is 19.8 Å². The highest BCUT2D eigenvalue weighted by molar-refractivity contribution is 5.94. The van der Waals surface area contributed by atoms with Crippen LogP contribution in [0.4, 0.5) is 10.5 Å². The molecule has 1 fully saturated rings. The highest BCUT2D eigenvalue weighted by Gasteiger charge is 2.28. The van der Waals surface area contributed by atoms with Crippen molar-refractivity contribution in [1.29, 1.82) is 0 Å². The molecule has 5 nitrogen and oxygen atoms in total. The third-order valence-electron chi connectivity index (χ3n) is 3.84. The number of urea groups is 1. The van der Waals surface area contributed by atoms with Gasteiger partial charge in [-0.15, -0.1) is 0 Å². The van der Waals surface area contributed by atoms with Gasteiger partial charge in [0.15, 0.2) is 0 Å². The van der Waals surface area contributed by atoms with E-state index in [2.05, 4.69) is 10.6 Å². The molecule has 1 aromatic rings. The van der Waals surface area contributed by atoms with Crippen molar-refractivity contribution in [2.75, 3.05) is 5.32 Å². The van der Waals surface area contributed by atoms with E-state index in [1.807, 2.05) is 13.8 Å². The molecule has 1 aliphatic carbocycles. The van der Waals surface area contributed by atoms with E-state index in [0.717, 1.165) is 24.0 Å². The summed E-state index contributed by atoms with van der Waals surface area (Å²) in [6.07, 6.45) is 2.32. The van der Waals surface area contributed by atoms with Crippen molar-refractivity contribution < 1.29 is 14.7 Å². The molecular formula is C15H20N2O3. The molecule has 0 radical (unpaired) electrons. The lowest BCUT2D eigenvalue weighted by atomic mass is 10.0. The molecule has 0 aliphatic heterocycles. The summed E-state index contributed by atoms with van der Waals surface area (Å²) in [5.74, 6) is -0.406. The topological polar surface area (TPSA) is 78.4 Å². The lowest BCUT2D eigenvalue weighted by Gasteiger charge is -2.15. The molecule has 20 heavy (non-hydrogen) atoms. The zero-order valence-electron chi connectivity index (χ0n) is 12.0. The van der Waals surface area contributed by atoms with Gasteiger partial charge in [-0.05, 0) is 62.8 Å². The van der Waals surface area contributed by atoms with Gasteiger partial charge in [0.25, 0.3) is 0 Å². The van der Waals surface area contributed by atoms with Crippen LogP contribution in [0.15, 0.2) is 12.1 Å². The second-order valence-electron chi connectivity index (χ2n) is 5.50. The van der Waals surface area contributed by atoms with Gasteiger partial charge in [-0.25, -0.2) is 9.59 Å². The van der Waals surface area contributed by atoms with Crippen molar-refractivity contribution in [2.45, 2.75) is 39.7 Å². The summed E-state index contributed by atoms with van der Waals surface area (Å²) in [5.41, 5.74) is 2.28. The van der Waals surface area contributed by atoms with Crippen molar-refractivity contribution in [3.05, 3.63) is 28.8 Å². The predicted molar refractivity (Wildman–Crippen MR) is 77.2 cm³/mol. The highest BCUT2D eigenvalue weighted by atomic mass is 16.4. The Labute approximate surface area is 118 Å². The van der Waals surface area contributed by atoms with E-state index in [-0.39, 0.29) is 17.6 Å². The van der Waals surface area contributed by atoms with Gasteiger partial charge in [0.2, 0.25) is 0 Å². The Kier molecular flexibility index (Phi) is 3.97. The second-order valence-corrected chi connectivity index (χ2v) is 5.50. The molecule has 1 atom stereocenters. The standard InChI is InChI=1S/C15H20N2O3/c1-8-6-12(7-13(9(8)2)14(18)19)17-15(20)16-10(3)11-4-5-11/h6-7,10-11H,4-5H2,1-3H3,(H,18,19)(H2,16,17,20). The van der Waals surface area contributed by atoms with Gasteiger partial charge in [0.05, 0.1) is 5.56 Å². The van der Waals surface area contributed by atoms with Crippen LogP contribution in [0.25, 0.3) is 0 Å². The van der Waals surface area contributed by atoms with Crippen molar-refractivity contribution in [2.24, 2.45) is 5.92 Å². The van der Waals surface area contributed by atoms with Crippen molar-refractivity contribution in [1.82, 2.24) is 5.32 Å². The number of carboxylic acid groups (broad SMARTS) is 1. The number of nitrogens with one attached hydrogen (secondary N) is 2. The minimum atomic E-state index is -0.985. The molecule has 0 bridgehead atoms. The van der Waals surface area contributed by atoms with E-state index >= 15 is 0 Å². The Morgan fingerprint density at radius 1 is 1.30 bits per heavy atom. The van der Waals surface area contributed by atoms with Crippen LogP contribution in [0.3, 0.4) is 0 Å². The normalized spacial score (nSPS) is 15.6. The van der Waals surface area contributed by atoms with Crippen molar-refractivity contribution in [3.8, 4) is 0 Å². The Balaban J connectivity index is 2.08. The lowest BCUT2D eigenvalue weighted by molar-refractivity contribution is 0.0696. The first-order chi connectivity index (χ1) is 9.38. The van der Waals surface area contributed by atoms with Crippen LogP contribution >= 0.6 is 0 Å². The van der Waals surface area contributed by atoms with Crippen molar-refractivity contribution >= 4 is 17.7 Å². The summed E-state index contributed by atoms with van der Waals surface area (Å²) < 4.78 is 0. The Bertz CT molecular complexity index is 550. The van der Waals surface area contributed by atoms with Crippen LogP contribution < -0.4 is 10.6 Å². The Hall–Kier alpha value is -2.04. The van der Waals surface area contributed by atoms with Gasteiger partial charge in [0, 0.05) is 11.7 Å². The molecule has 0 saturated heterocycles. The maximum atomic E-state index is 11.9. The average molecular weight is 276 g/mol. The smallest absolute Gasteiger partial charge is 0.336 e.